The maximum absolute atomic E-state index is 13.2. The van der Waals surface area contributed by atoms with Crippen LogP contribution in [0.25, 0.3) is 10.6 Å². The highest BCUT2D eigenvalue weighted by molar-refractivity contribution is 7.94. The second kappa shape index (κ2) is 6.05. The molecule has 1 aromatic heterocycles. The van der Waals surface area contributed by atoms with Crippen LogP contribution in [0.2, 0.25) is 0 Å². The summed E-state index contributed by atoms with van der Waals surface area (Å²) in [5.41, 5.74) is 0.741. The molecule has 0 saturated heterocycles. The zero-order chi connectivity index (χ0) is 16.4. The Bertz CT molecular complexity index is 941. The molecule has 0 aliphatic rings. The van der Waals surface area contributed by atoms with Crippen molar-refractivity contribution in [1.29, 1.82) is 0 Å². The first-order valence-corrected chi connectivity index (χ1v) is 8.75. The average molecular weight is 352 g/mol. The van der Waals surface area contributed by atoms with Crippen LogP contribution in [0.3, 0.4) is 0 Å². The minimum absolute atomic E-state index is 0.0129. The van der Waals surface area contributed by atoms with Crippen LogP contribution in [0.5, 0.6) is 0 Å². The number of nitrogens with one attached hydrogen (secondary N) is 1. The number of nitrogens with zero attached hydrogens (tertiary/aromatic N) is 1. The van der Waals surface area contributed by atoms with Crippen LogP contribution in [0.1, 0.15) is 0 Å². The number of hydrogen-bond donors (Lipinski definition) is 1. The lowest BCUT2D eigenvalue weighted by Crippen LogP contribution is -2.11. The molecule has 23 heavy (non-hydrogen) atoms. The Morgan fingerprint density at radius 1 is 1.00 bits per heavy atom. The first-order valence-electron chi connectivity index (χ1n) is 6.45. The lowest BCUT2D eigenvalue weighted by molar-refractivity contribution is 0.509. The first kappa shape index (κ1) is 15.6. The minimum atomic E-state index is -3.91. The Hall–Kier alpha value is -2.32. The number of aromatic nitrogens is 1. The molecule has 0 aliphatic carbocycles. The highest BCUT2D eigenvalue weighted by Crippen LogP contribution is 2.29. The highest BCUT2D eigenvalue weighted by atomic mass is 32.2. The van der Waals surface area contributed by atoms with Crippen LogP contribution < -0.4 is 4.72 Å². The molecule has 0 bridgehead atoms. The molecular formula is C15H10F2N2O2S2. The van der Waals surface area contributed by atoms with E-state index in [1.165, 1.54) is 6.20 Å². The minimum Gasteiger partial charge on any atom is -0.279 e. The van der Waals surface area contributed by atoms with E-state index in [0.29, 0.717) is 5.01 Å². The van der Waals surface area contributed by atoms with E-state index < -0.39 is 21.7 Å². The number of sulfonamides is 1. The third-order valence-electron chi connectivity index (χ3n) is 2.94. The summed E-state index contributed by atoms with van der Waals surface area (Å²) in [5.74, 6) is -2.17. The normalized spacial score (nSPS) is 11.4. The Morgan fingerprint density at radius 3 is 2.43 bits per heavy atom. The Balaban J connectivity index is 1.88. The zero-order valence-corrected chi connectivity index (χ0v) is 13.2. The first-order chi connectivity index (χ1) is 11.0. The van der Waals surface area contributed by atoms with Crippen LogP contribution in [0, 0.1) is 11.6 Å². The van der Waals surface area contributed by atoms with Crippen molar-refractivity contribution in [2.75, 3.05) is 4.72 Å². The molecule has 0 saturated carbocycles. The molecule has 0 radical (unpaired) electrons. The maximum atomic E-state index is 13.2. The molecule has 1 N–H and O–H groups in total. The monoisotopic (exact) mass is 352 g/mol. The van der Waals surface area contributed by atoms with Crippen molar-refractivity contribution < 1.29 is 17.2 Å². The van der Waals surface area contributed by atoms with Gasteiger partial charge in [0, 0.05) is 11.6 Å². The molecule has 0 amide bonds. The summed E-state index contributed by atoms with van der Waals surface area (Å²) in [7, 11) is -3.91. The second-order valence-corrected chi connectivity index (χ2v) is 7.52. The molecule has 4 nitrogen and oxygen atoms in total. The van der Waals surface area contributed by atoms with Gasteiger partial charge >= 0.3 is 0 Å². The highest BCUT2D eigenvalue weighted by Gasteiger charge is 2.19. The quantitative estimate of drug-likeness (QED) is 0.775. The molecular weight excluding hydrogens is 342 g/mol. The van der Waals surface area contributed by atoms with Gasteiger partial charge in [0.15, 0.2) is 15.8 Å². The van der Waals surface area contributed by atoms with E-state index in [4.69, 9.17) is 0 Å². The number of benzene rings is 2. The van der Waals surface area contributed by atoms with Gasteiger partial charge in [-0.25, -0.2) is 22.2 Å². The van der Waals surface area contributed by atoms with Crippen LogP contribution >= 0.6 is 11.3 Å². The zero-order valence-electron chi connectivity index (χ0n) is 11.5. The van der Waals surface area contributed by atoms with Crippen LogP contribution in [-0.4, -0.2) is 13.4 Å². The van der Waals surface area contributed by atoms with Crippen molar-refractivity contribution in [2.24, 2.45) is 0 Å². The molecule has 0 unspecified atom stereocenters. The molecule has 3 rings (SSSR count). The third kappa shape index (κ3) is 3.38. The second-order valence-electron chi connectivity index (χ2n) is 4.58. The molecule has 118 valence electrons. The van der Waals surface area contributed by atoms with Gasteiger partial charge in [0.2, 0.25) is 0 Å². The van der Waals surface area contributed by atoms with E-state index >= 15 is 0 Å². The summed E-state index contributed by atoms with van der Waals surface area (Å²) < 4.78 is 52.8. The number of anilines is 1. The van der Waals surface area contributed by atoms with Crippen molar-refractivity contribution in [3.63, 3.8) is 0 Å². The van der Waals surface area contributed by atoms with Crippen molar-refractivity contribution in [2.45, 2.75) is 4.21 Å². The SMILES string of the molecule is O=S(=O)(Nc1ccc(F)c(F)c1)c1cnc(-c2ccccc2)s1. The largest absolute Gasteiger partial charge is 0.279 e. The van der Waals surface area contributed by atoms with Gasteiger partial charge in [0.1, 0.15) is 5.01 Å². The van der Waals surface area contributed by atoms with Crippen LogP contribution in [-0.2, 0) is 10.0 Å². The molecule has 0 aliphatic heterocycles. The van der Waals surface area contributed by atoms with E-state index in [2.05, 4.69) is 9.71 Å². The molecule has 1 heterocycles. The Labute approximate surface area is 135 Å². The van der Waals surface area contributed by atoms with Crippen LogP contribution in [0.4, 0.5) is 14.5 Å². The lowest BCUT2D eigenvalue weighted by atomic mass is 10.2. The summed E-state index contributed by atoms with van der Waals surface area (Å²) in [4.78, 5) is 4.09. The predicted octanol–water partition coefficient (Wildman–Crippen LogP) is 3.89. The average Bonchev–Trinajstić information content (AvgIpc) is 3.02. The van der Waals surface area contributed by atoms with E-state index in [9.17, 15) is 17.2 Å². The molecule has 3 aromatic rings. The predicted molar refractivity (Wildman–Crippen MR) is 84.7 cm³/mol. The van der Waals surface area contributed by atoms with Crippen molar-refractivity contribution in [1.82, 2.24) is 4.98 Å². The van der Waals surface area contributed by atoms with Gasteiger partial charge in [0.25, 0.3) is 10.0 Å². The Kier molecular flexibility index (Phi) is 4.10. The van der Waals surface area contributed by atoms with Crippen LogP contribution in [0.15, 0.2) is 58.9 Å². The van der Waals surface area contributed by atoms with Crippen molar-refractivity contribution in [3.8, 4) is 10.6 Å². The van der Waals surface area contributed by atoms with E-state index in [-0.39, 0.29) is 9.90 Å². The van der Waals surface area contributed by atoms with Gasteiger partial charge in [-0.1, -0.05) is 30.3 Å². The fraction of sp³-hybridized carbons (Fsp3) is 0. The number of rotatable bonds is 4. The lowest BCUT2D eigenvalue weighted by Gasteiger charge is -2.05. The summed E-state index contributed by atoms with van der Waals surface area (Å²) in [6.07, 6.45) is 1.23. The maximum Gasteiger partial charge on any atom is 0.273 e. The molecule has 8 heteroatoms. The van der Waals surface area contributed by atoms with Gasteiger partial charge in [-0.2, -0.15) is 0 Å². The standard InChI is InChI=1S/C15H10F2N2O2S2/c16-12-7-6-11(8-13(12)17)19-23(20,21)14-9-18-15(22-14)10-4-2-1-3-5-10/h1-9,19H. The summed E-state index contributed by atoms with van der Waals surface area (Å²) in [6, 6.07) is 11.9. The number of thiazole rings is 1. The number of halogens is 2. The van der Waals surface area contributed by atoms with Gasteiger partial charge in [-0.15, -0.1) is 11.3 Å². The number of hydrogen-bond acceptors (Lipinski definition) is 4. The van der Waals surface area contributed by atoms with Gasteiger partial charge in [0.05, 0.1) is 11.9 Å². The summed E-state index contributed by atoms with van der Waals surface area (Å²) in [5, 5.41) is 0.552. The summed E-state index contributed by atoms with van der Waals surface area (Å²) in [6.45, 7) is 0. The third-order valence-corrected chi connectivity index (χ3v) is 5.83. The van der Waals surface area contributed by atoms with Crippen molar-refractivity contribution in [3.05, 3.63) is 66.4 Å². The van der Waals surface area contributed by atoms with Gasteiger partial charge in [-0.3, -0.25) is 4.72 Å². The van der Waals surface area contributed by atoms with Gasteiger partial charge in [-0.05, 0) is 12.1 Å². The smallest absolute Gasteiger partial charge is 0.273 e. The van der Waals surface area contributed by atoms with Gasteiger partial charge < -0.3 is 0 Å². The Morgan fingerprint density at radius 2 is 1.74 bits per heavy atom. The van der Waals surface area contributed by atoms with E-state index in [1.807, 2.05) is 30.3 Å². The fourth-order valence-corrected chi connectivity index (χ4v) is 4.05. The topological polar surface area (TPSA) is 59.1 Å². The van der Waals surface area contributed by atoms with E-state index in [1.54, 1.807) is 0 Å². The molecule has 0 spiro atoms. The molecule has 0 fully saturated rings. The fourth-order valence-electron chi connectivity index (χ4n) is 1.86. The van der Waals surface area contributed by atoms with Crippen molar-refractivity contribution >= 4 is 27.0 Å². The van der Waals surface area contributed by atoms with E-state index in [0.717, 1.165) is 35.1 Å². The summed E-state index contributed by atoms with van der Waals surface area (Å²) >= 11 is 0.990. The molecule has 2 aromatic carbocycles. The molecule has 0 atom stereocenters.